The zero-order valence-corrected chi connectivity index (χ0v) is 15.8. The van der Waals surface area contributed by atoms with Crippen molar-refractivity contribution in [3.63, 3.8) is 0 Å². The normalized spacial score (nSPS) is 10.2. The Labute approximate surface area is 163 Å². The first-order valence-electron chi connectivity index (χ1n) is 8.91. The van der Waals surface area contributed by atoms with Crippen molar-refractivity contribution in [2.24, 2.45) is 0 Å². The van der Waals surface area contributed by atoms with Gasteiger partial charge in [0, 0.05) is 18.9 Å². The highest BCUT2D eigenvalue weighted by atomic mass is 16.5. The topological polar surface area (TPSA) is 85.4 Å². The highest BCUT2D eigenvalue weighted by molar-refractivity contribution is 5.93. The van der Waals surface area contributed by atoms with E-state index in [0.717, 1.165) is 22.7 Å². The minimum atomic E-state index is -0.239. The van der Waals surface area contributed by atoms with Crippen molar-refractivity contribution in [1.82, 2.24) is 15.3 Å². The van der Waals surface area contributed by atoms with Gasteiger partial charge < -0.3 is 20.1 Å². The Hall–Kier alpha value is -3.61. The molecule has 0 saturated heterocycles. The number of rotatable bonds is 8. The summed E-state index contributed by atoms with van der Waals surface area (Å²) < 4.78 is 10.7. The molecule has 0 aliphatic carbocycles. The third kappa shape index (κ3) is 4.97. The maximum atomic E-state index is 12.3. The molecule has 0 bridgehead atoms. The predicted octanol–water partition coefficient (Wildman–Crippen LogP) is 3.56. The molecule has 1 heterocycles. The Morgan fingerprint density at radius 2 is 1.75 bits per heavy atom. The number of nitrogens with zero attached hydrogens (tertiary/aromatic N) is 2. The Kier molecular flexibility index (Phi) is 6.41. The molecule has 0 aliphatic rings. The molecule has 3 rings (SSSR count). The molecule has 2 aromatic carbocycles. The predicted molar refractivity (Wildman–Crippen MR) is 107 cm³/mol. The van der Waals surface area contributed by atoms with Crippen molar-refractivity contribution < 1.29 is 14.3 Å². The number of hydrogen-bond acceptors (Lipinski definition) is 6. The van der Waals surface area contributed by atoms with Crippen molar-refractivity contribution >= 4 is 17.5 Å². The van der Waals surface area contributed by atoms with Gasteiger partial charge in [-0.1, -0.05) is 24.3 Å². The van der Waals surface area contributed by atoms with Crippen molar-refractivity contribution in [3.05, 3.63) is 72.1 Å². The molecule has 1 aromatic heterocycles. The molecule has 7 heteroatoms. The molecular weight excluding hydrogens is 356 g/mol. The summed E-state index contributed by atoms with van der Waals surface area (Å²) in [6.07, 6.45) is 2.98. The molecule has 0 saturated carbocycles. The molecule has 144 valence electrons. The monoisotopic (exact) mass is 378 g/mol. The van der Waals surface area contributed by atoms with Gasteiger partial charge in [-0.25, -0.2) is 9.97 Å². The number of amides is 1. The molecule has 3 aromatic rings. The average Bonchev–Trinajstić information content (AvgIpc) is 2.74. The quantitative estimate of drug-likeness (QED) is 0.623. The fourth-order valence-corrected chi connectivity index (χ4v) is 2.51. The molecule has 1 amide bonds. The molecule has 28 heavy (non-hydrogen) atoms. The molecule has 0 aliphatic heterocycles. The highest BCUT2D eigenvalue weighted by Gasteiger charge is 2.09. The number of methoxy groups -OCH3 is 1. The van der Waals surface area contributed by atoms with Gasteiger partial charge >= 0.3 is 0 Å². The van der Waals surface area contributed by atoms with E-state index < -0.39 is 0 Å². The van der Waals surface area contributed by atoms with Crippen LogP contribution < -0.4 is 20.1 Å². The van der Waals surface area contributed by atoms with Gasteiger partial charge in [-0.15, -0.1) is 0 Å². The molecule has 0 radical (unpaired) electrons. The number of aromatic nitrogens is 2. The molecule has 0 fully saturated rings. The zero-order chi connectivity index (χ0) is 19.8. The first-order chi connectivity index (χ1) is 13.7. The molecule has 7 nitrogen and oxygen atoms in total. The average molecular weight is 378 g/mol. The second kappa shape index (κ2) is 9.36. The molecule has 0 spiro atoms. The van der Waals surface area contributed by atoms with Gasteiger partial charge in [0.2, 0.25) is 5.95 Å². The maximum absolute atomic E-state index is 12.3. The lowest BCUT2D eigenvalue weighted by molar-refractivity contribution is 0.0950. The largest absolute Gasteiger partial charge is 0.497 e. The number of hydrogen-bond donors (Lipinski definition) is 2. The van der Waals surface area contributed by atoms with Crippen LogP contribution in [0.4, 0.5) is 11.6 Å². The second-order valence-corrected chi connectivity index (χ2v) is 5.88. The van der Waals surface area contributed by atoms with Crippen LogP contribution in [0.25, 0.3) is 0 Å². The summed E-state index contributed by atoms with van der Waals surface area (Å²) >= 11 is 0. The van der Waals surface area contributed by atoms with Crippen molar-refractivity contribution in [1.29, 1.82) is 0 Å². The zero-order valence-electron chi connectivity index (χ0n) is 15.8. The van der Waals surface area contributed by atoms with E-state index in [1.807, 2.05) is 55.5 Å². The van der Waals surface area contributed by atoms with Crippen LogP contribution in [-0.4, -0.2) is 29.6 Å². The minimum absolute atomic E-state index is 0.239. The van der Waals surface area contributed by atoms with E-state index in [1.165, 1.54) is 12.4 Å². The van der Waals surface area contributed by atoms with Crippen LogP contribution >= 0.6 is 0 Å². The summed E-state index contributed by atoms with van der Waals surface area (Å²) in [6, 6.07) is 15.0. The molecule has 2 N–H and O–H groups in total. The molecular formula is C21H22N4O3. The van der Waals surface area contributed by atoms with Gasteiger partial charge in [0.1, 0.15) is 11.5 Å². The lowest BCUT2D eigenvalue weighted by Gasteiger charge is -2.11. The number of nitrogens with one attached hydrogen (secondary N) is 2. The highest BCUT2D eigenvalue weighted by Crippen LogP contribution is 2.25. The van der Waals surface area contributed by atoms with Crippen LogP contribution in [-0.2, 0) is 6.54 Å². The lowest BCUT2D eigenvalue weighted by atomic mass is 10.2. The van der Waals surface area contributed by atoms with Crippen molar-refractivity contribution in [2.75, 3.05) is 19.0 Å². The van der Waals surface area contributed by atoms with E-state index in [4.69, 9.17) is 9.47 Å². The summed E-state index contributed by atoms with van der Waals surface area (Å²) in [5.74, 6) is 1.64. The first-order valence-corrected chi connectivity index (χ1v) is 8.91. The van der Waals surface area contributed by atoms with Crippen LogP contribution in [0.1, 0.15) is 22.8 Å². The van der Waals surface area contributed by atoms with Gasteiger partial charge in [0.05, 0.1) is 25.0 Å². The lowest BCUT2D eigenvalue weighted by Crippen LogP contribution is -2.23. The van der Waals surface area contributed by atoms with Gasteiger partial charge in [-0.05, 0) is 36.8 Å². The third-order valence-corrected chi connectivity index (χ3v) is 3.96. The number of ether oxygens (including phenoxy) is 2. The second-order valence-electron chi connectivity index (χ2n) is 5.88. The minimum Gasteiger partial charge on any atom is -0.497 e. The number of anilines is 2. The van der Waals surface area contributed by atoms with E-state index in [2.05, 4.69) is 20.6 Å². The summed E-state index contributed by atoms with van der Waals surface area (Å²) in [6.45, 7) is 2.89. The maximum Gasteiger partial charge on any atom is 0.254 e. The Morgan fingerprint density at radius 3 is 2.43 bits per heavy atom. The van der Waals surface area contributed by atoms with Gasteiger partial charge in [0.25, 0.3) is 5.91 Å². The van der Waals surface area contributed by atoms with E-state index in [9.17, 15) is 4.79 Å². The fourth-order valence-electron chi connectivity index (χ4n) is 2.51. The van der Waals surface area contributed by atoms with Crippen LogP contribution in [0, 0.1) is 0 Å². The smallest absolute Gasteiger partial charge is 0.254 e. The number of carbonyl (C=O) groups excluding carboxylic acids is 1. The summed E-state index contributed by atoms with van der Waals surface area (Å²) in [7, 11) is 1.62. The van der Waals surface area contributed by atoms with Gasteiger partial charge in [-0.3, -0.25) is 4.79 Å². The fraction of sp³-hybridized carbons (Fsp3) is 0.190. The Balaban J connectivity index is 1.59. The van der Waals surface area contributed by atoms with E-state index >= 15 is 0 Å². The molecule has 0 unspecified atom stereocenters. The van der Waals surface area contributed by atoms with Crippen LogP contribution in [0.5, 0.6) is 11.5 Å². The summed E-state index contributed by atoms with van der Waals surface area (Å²) in [5, 5.41) is 5.95. The van der Waals surface area contributed by atoms with E-state index in [0.29, 0.717) is 24.7 Å². The first kappa shape index (κ1) is 19.2. The standard InChI is InChI=1S/C21H22N4O3/c1-3-28-19-7-5-4-6-18(19)25-21-23-13-16(14-24-21)20(26)22-12-15-8-10-17(27-2)11-9-15/h4-11,13-14H,3,12H2,1-2H3,(H,22,26)(H,23,24,25). The molecule has 0 atom stereocenters. The van der Waals surface area contributed by atoms with E-state index in [-0.39, 0.29) is 5.91 Å². The van der Waals surface area contributed by atoms with Crippen molar-refractivity contribution in [3.8, 4) is 11.5 Å². The van der Waals surface area contributed by atoms with Crippen LogP contribution in [0.15, 0.2) is 60.9 Å². The van der Waals surface area contributed by atoms with Crippen LogP contribution in [0.3, 0.4) is 0 Å². The number of benzene rings is 2. The van der Waals surface area contributed by atoms with Gasteiger partial charge in [-0.2, -0.15) is 0 Å². The number of carbonyl (C=O) groups is 1. The summed E-state index contributed by atoms with van der Waals surface area (Å²) in [4.78, 5) is 20.7. The Morgan fingerprint density at radius 1 is 1.04 bits per heavy atom. The van der Waals surface area contributed by atoms with E-state index in [1.54, 1.807) is 7.11 Å². The third-order valence-electron chi connectivity index (χ3n) is 3.96. The SMILES string of the molecule is CCOc1ccccc1Nc1ncc(C(=O)NCc2ccc(OC)cc2)cn1. The van der Waals surface area contributed by atoms with Gasteiger partial charge in [0.15, 0.2) is 0 Å². The van der Waals surface area contributed by atoms with Crippen LogP contribution in [0.2, 0.25) is 0 Å². The number of para-hydroxylation sites is 2. The van der Waals surface area contributed by atoms with Crippen molar-refractivity contribution in [2.45, 2.75) is 13.5 Å². The summed E-state index contributed by atoms with van der Waals surface area (Å²) in [5.41, 5.74) is 2.12. The Bertz CT molecular complexity index is 912.